The van der Waals surface area contributed by atoms with Gasteiger partial charge in [0.2, 0.25) is 0 Å². The second-order valence-corrected chi connectivity index (χ2v) is 5.60. The molecule has 1 N–H and O–H groups in total. The molecule has 5 nitrogen and oxygen atoms in total. The highest BCUT2D eigenvalue weighted by Crippen LogP contribution is 2.20. The molecule has 0 fully saturated rings. The maximum absolute atomic E-state index is 11.9. The van der Waals surface area contributed by atoms with Crippen LogP contribution in [0.5, 0.6) is 5.75 Å². The number of amides is 1. The normalized spacial score (nSPS) is 11.2. The molecule has 20 heavy (non-hydrogen) atoms. The van der Waals surface area contributed by atoms with E-state index >= 15 is 0 Å². The summed E-state index contributed by atoms with van der Waals surface area (Å²) in [5, 5.41) is 6.78. The van der Waals surface area contributed by atoms with Gasteiger partial charge in [-0.15, -0.1) is 0 Å². The second-order valence-electron chi connectivity index (χ2n) is 5.60. The fraction of sp³-hybridized carbons (Fsp3) is 0.333. The molecule has 0 radical (unpaired) electrons. The van der Waals surface area contributed by atoms with Gasteiger partial charge in [-0.3, -0.25) is 9.48 Å². The average Bonchev–Trinajstić information content (AvgIpc) is 2.77. The highest BCUT2D eigenvalue weighted by molar-refractivity contribution is 6.03. The first kappa shape index (κ1) is 14.1. The summed E-state index contributed by atoms with van der Waals surface area (Å²) in [7, 11) is 1.77. The topological polar surface area (TPSA) is 56.2 Å². The van der Waals surface area contributed by atoms with Crippen LogP contribution in [0.4, 0.5) is 5.69 Å². The summed E-state index contributed by atoms with van der Waals surface area (Å²) in [5.74, 6) is 0.597. The third-order valence-electron chi connectivity index (χ3n) is 2.50. The minimum atomic E-state index is -0.236. The van der Waals surface area contributed by atoms with Crippen molar-refractivity contribution in [2.24, 2.45) is 7.05 Å². The molecule has 2 rings (SSSR count). The van der Waals surface area contributed by atoms with E-state index in [0.717, 1.165) is 11.4 Å². The molecular formula is C15H19N3O2. The smallest absolute Gasteiger partial charge is 0.258 e. The van der Waals surface area contributed by atoms with E-state index in [1.165, 1.54) is 6.20 Å². The van der Waals surface area contributed by atoms with Crippen molar-refractivity contribution in [2.75, 3.05) is 5.32 Å². The van der Waals surface area contributed by atoms with E-state index < -0.39 is 0 Å². The number of anilines is 1. The summed E-state index contributed by atoms with van der Waals surface area (Å²) in [6.45, 7) is 5.97. The molecule has 0 aliphatic rings. The lowest BCUT2D eigenvalue weighted by atomic mass is 10.2. The van der Waals surface area contributed by atoms with Crippen LogP contribution in [0.2, 0.25) is 0 Å². The molecule has 0 spiro atoms. The Labute approximate surface area is 118 Å². The van der Waals surface area contributed by atoms with Crippen LogP contribution in [-0.2, 0) is 7.05 Å². The fourth-order valence-electron chi connectivity index (χ4n) is 1.70. The van der Waals surface area contributed by atoms with Gasteiger partial charge in [0.25, 0.3) is 5.91 Å². The van der Waals surface area contributed by atoms with Gasteiger partial charge in [-0.25, -0.2) is 0 Å². The predicted octanol–water partition coefficient (Wildman–Crippen LogP) is 2.85. The zero-order valence-corrected chi connectivity index (χ0v) is 12.2. The van der Waals surface area contributed by atoms with Gasteiger partial charge in [-0.1, -0.05) is 0 Å². The average molecular weight is 273 g/mol. The van der Waals surface area contributed by atoms with Gasteiger partial charge < -0.3 is 10.1 Å². The van der Waals surface area contributed by atoms with Crippen molar-refractivity contribution in [1.82, 2.24) is 9.78 Å². The van der Waals surface area contributed by atoms with Crippen LogP contribution < -0.4 is 10.1 Å². The van der Waals surface area contributed by atoms with Crippen molar-refractivity contribution in [3.63, 3.8) is 0 Å². The fourth-order valence-corrected chi connectivity index (χ4v) is 1.70. The Hall–Kier alpha value is -2.30. The minimum Gasteiger partial charge on any atom is -0.488 e. The van der Waals surface area contributed by atoms with E-state index in [-0.39, 0.29) is 11.5 Å². The molecule has 0 aliphatic carbocycles. The first-order valence-electron chi connectivity index (χ1n) is 6.42. The van der Waals surface area contributed by atoms with Crippen molar-refractivity contribution in [2.45, 2.75) is 26.4 Å². The maximum atomic E-state index is 11.9. The molecule has 0 aliphatic heterocycles. The van der Waals surface area contributed by atoms with E-state index in [0.29, 0.717) is 5.56 Å². The standard InChI is InChI=1S/C15H19N3O2/c1-15(2,3)20-13-7-5-12(6-8-13)17-14(19)11-9-16-18(4)10-11/h5-10H,1-4H3,(H,17,19). The SMILES string of the molecule is Cn1cc(C(=O)Nc2ccc(OC(C)(C)C)cc2)cn1. The molecule has 2 aromatic rings. The van der Waals surface area contributed by atoms with Gasteiger partial charge in [0.15, 0.2) is 0 Å². The molecular weight excluding hydrogens is 254 g/mol. The Balaban J connectivity index is 2.02. The van der Waals surface area contributed by atoms with Gasteiger partial charge in [0.1, 0.15) is 11.4 Å². The first-order chi connectivity index (χ1) is 9.33. The summed E-state index contributed by atoms with van der Waals surface area (Å²) >= 11 is 0. The molecule has 0 atom stereocenters. The first-order valence-corrected chi connectivity index (χ1v) is 6.42. The van der Waals surface area contributed by atoms with Crippen molar-refractivity contribution < 1.29 is 9.53 Å². The summed E-state index contributed by atoms with van der Waals surface area (Å²) < 4.78 is 7.32. The Morgan fingerprint density at radius 1 is 1.25 bits per heavy atom. The lowest BCUT2D eigenvalue weighted by molar-refractivity contribution is 0.102. The Bertz CT molecular complexity index is 594. The molecule has 0 unspecified atom stereocenters. The van der Waals surface area contributed by atoms with E-state index in [1.54, 1.807) is 17.9 Å². The van der Waals surface area contributed by atoms with E-state index in [4.69, 9.17) is 4.74 Å². The molecule has 0 bridgehead atoms. The van der Waals surface area contributed by atoms with Gasteiger partial charge >= 0.3 is 0 Å². The highest BCUT2D eigenvalue weighted by Gasteiger charge is 2.12. The summed E-state index contributed by atoms with van der Waals surface area (Å²) in [4.78, 5) is 11.9. The zero-order chi connectivity index (χ0) is 14.8. The van der Waals surface area contributed by atoms with Crippen LogP contribution in [0.1, 0.15) is 31.1 Å². The molecule has 5 heteroatoms. The number of hydrogen-bond donors (Lipinski definition) is 1. The lowest BCUT2D eigenvalue weighted by Gasteiger charge is -2.21. The van der Waals surface area contributed by atoms with Gasteiger partial charge in [0, 0.05) is 18.9 Å². The number of carbonyl (C=O) groups is 1. The monoisotopic (exact) mass is 273 g/mol. The van der Waals surface area contributed by atoms with Crippen molar-refractivity contribution in [3.05, 3.63) is 42.2 Å². The van der Waals surface area contributed by atoms with Crippen LogP contribution in [-0.4, -0.2) is 21.3 Å². The van der Waals surface area contributed by atoms with Gasteiger partial charge in [-0.2, -0.15) is 5.10 Å². The van der Waals surface area contributed by atoms with Gasteiger partial charge in [0.05, 0.1) is 11.8 Å². The van der Waals surface area contributed by atoms with Crippen LogP contribution in [0.25, 0.3) is 0 Å². The summed E-state index contributed by atoms with van der Waals surface area (Å²) in [6.07, 6.45) is 3.21. The molecule has 0 saturated heterocycles. The van der Waals surface area contributed by atoms with E-state index in [9.17, 15) is 4.79 Å². The number of nitrogens with zero attached hydrogens (tertiary/aromatic N) is 2. The Morgan fingerprint density at radius 3 is 2.40 bits per heavy atom. The number of carbonyl (C=O) groups excluding carboxylic acids is 1. The number of aryl methyl sites for hydroxylation is 1. The highest BCUT2D eigenvalue weighted by atomic mass is 16.5. The number of ether oxygens (including phenoxy) is 1. The second kappa shape index (κ2) is 5.36. The third kappa shape index (κ3) is 3.85. The zero-order valence-electron chi connectivity index (χ0n) is 12.2. The number of hydrogen-bond acceptors (Lipinski definition) is 3. The quantitative estimate of drug-likeness (QED) is 0.935. The number of nitrogens with one attached hydrogen (secondary N) is 1. The van der Waals surface area contributed by atoms with Crippen molar-refractivity contribution in [1.29, 1.82) is 0 Å². The molecule has 1 aromatic heterocycles. The molecule has 106 valence electrons. The number of aromatic nitrogens is 2. The molecule has 1 aromatic carbocycles. The van der Waals surface area contributed by atoms with Crippen LogP contribution in [0.3, 0.4) is 0 Å². The van der Waals surface area contributed by atoms with Crippen LogP contribution in [0, 0.1) is 0 Å². The van der Waals surface area contributed by atoms with E-state index in [2.05, 4.69) is 10.4 Å². The van der Waals surface area contributed by atoms with Crippen LogP contribution in [0.15, 0.2) is 36.7 Å². The molecule has 0 saturated carbocycles. The third-order valence-corrected chi connectivity index (χ3v) is 2.50. The van der Waals surface area contributed by atoms with Crippen molar-refractivity contribution in [3.8, 4) is 5.75 Å². The molecule has 1 heterocycles. The Kier molecular flexibility index (Phi) is 3.79. The number of benzene rings is 1. The summed E-state index contributed by atoms with van der Waals surface area (Å²) in [5.41, 5.74) is 1.02. The Morgan fingerprint density at radius 2 is 1.90 bits per heavy atom. The number of rotatable bonds is 3. The summed E-state index contributed by atoms with van der Waals surface area (Å²) in [6, 6.07) is 7.30. The van der Waals surface area contributed by atoms with Gasteiger partial charge in [-0.05, 0) is 45.0 Å². The minimum absolute atomic E-state index is 0.178. The molecule has 1 amide bonds. The van der Waals surface area contributed by atoms with Crippen LogP contribution >= 0.6 is 0 Å². The lowest BCUT2D eigenvalue weighted by Crippen LogP contribution is -2.22. The largest absolute Gasteiger partial charge is 0.488 e. The van der Waals surface area contributed by atoms with Crippen molar-refractivity contribution >= 4 is 11.6 Å². The maximum Gasteiger partial charge on any atom is 0.258 e. The predicted molar refractivity (Wildman–Crippen MR) is 78.0 cm³/mol. The van der Waals surface area contributed by atoms with E-state index in [1.807, 2.05) is 45.0 Å².